The Morgan fingerprint density at radius 1 is 1.24 bits per heavy atom. The van der Waals surface area contributed by atoms with Crippen LogP contribution in [0.4, 0.5) is 23.0 Å². The Kier molecular flexibility index (Phi) is 3.36. The van der Waals surface area contributed by atoms with Crippen molar-refractivity contribution < 1.29 is 4.92 Å². The van der Waals surface area contributed by atoms with Gasteiger partial charge in [-0.1, -0.05) is 0 Å². The largest absolute Gasteiger partial charge is 0.367 e. The maximum absolute atomic E-state index is 11.2. The summed E-state index contributed by atoms with van der Waals surface area (Å²) in [4.78, 5) is 18.5. The minimum Gasteiger partial charge on any atom is -0.367 e. The van der Waals surface area contributed by atoms with Crippen LogP contribution in [0.3, 0.4) is 0 Å². The van der Waals surface area contributed by atoms with E-state index in [1.54, 1.807) is 18.4 Å². The maximum Gasteiger partial charge on any atom is 0.353 e. The number of hydrogen-bond donors (Lipinski definition) is 2. The highest BCUT2D eigenvalue weighted by Crippen LogP contribution is 2.32. The molecule has 0 bridgehead atoms. The van der Waals surface area contributed by atoms with Crippen LogP contribution >= 0.6 is 11.3 Å². The fourth-order valence-electron chi connectivity index (χ4n) is 2.01. The van der Waals surface area contributed by atoms with E-state index in [4.69, 9.17) is 0 Å². The van der Waals surface area contributed by atoms with Gasteiger partial charge >= 0.3 is 5.69 Å². The van der Waals surface area contributed by atoms with Crippen molar-refractivity contribution in [3.05, 3.63) is 46.1 Å². The van der Waals surface area contributed by atoms with Gasteiger partial charge in [0.05, 0.1) is 4.92 Å². The molecule has 0 fully saturated rings. The fourth-order valence-corrected chi connectivity index (χ4v) is 2.78. The lowest BCUT2D eigenvalue weighted by molar-refractivity contribution is -0.383. The van der Waals surface area contributed by atoms with Gasteiger partial charge in [-0.25, -0.2) is 9.97 Å². The van der Waals surface area contributed by atoms with Gasteiger partial charge in [0.2, 0.25) is 11.6 Å². The first-order valence-corrected chi connectivity index (χ1v) is 6.98. The van der Waals surface area contributed by atoms with Gasteiger partial charge in [-0.3, -0.25) is 10.1 Å². The number of nitro groups is 1. The monoisotopic (exact) mass is 301 g/mol. The van der Waals surface area contributed by atoms with E-state index in [1.165, 1.54) is 6.33 Å². The highest BCUT2D eigenvalue weighted by Gasteiger charge is 2.22. The number of hydrogen-bond acceptors (Lipinski definition) is 7. The third-order valence-corrected chi connectivity index (χ3v) is 3.85. The normalized spacial score (nSPS) is 10.5. The van der Waals surface area contributed by atoms with E-state index in [0.29, 0.717) is 0 Å². The molecule has 0 atom stereocenters. The van der Waals surface area contributed by atoms with Gasteiger partial charge < -0.3 is 10.6 Å². The Morgan fingerprint density at radius 2 is 2.05 bits per heavy atom. The zero-order valence-electron chi connectivity index (χ0n) is 11.0. The standard InChI is InChI=1S/C13H11N5O2S/c1-14-12-11(18(19)20)13(16-7-15-12)17-9-2-3-10-8(6-9)4-5-21-10/h2-7H,1H3,(H2,14,15,16,17). The molecule has 0 aliphatic rings. The average molecular weight is 301 g/mol. The Bertz CT molecular complexity index is 817. The van der Waals surface area contributed by atoms with Crippen LogP contribution in [0, 0.1) is 10.1 Å². The molecule has 8 heteroatoms. The van der Waals surface area contributed by atoms with Crippen LogP contribution < -0.4 is 10.6 Å². The lowest BCUT2D eigenvalue weighted by atomic mass is 10.2. The lowest BCUT2D eigenvalue weighted by Gasteiger charge is -2.08. The smallest absolute Gasteiger partial charge is 0.353 e. The summed E-state index contributed by atoms with van der Waals surface area (Å²) in [5, 5.41) is 20.0. The first-order valence-electron chi connectivity index (χ1n) is 6.10. The Morgan fingerprint density at radius 3 is 2.81 bits per heavy atom. The van der Waals surface area contributed by atoms with Crippen molar-refractivity contribution in [2.75, 3.05) is 17.7 Å². The number of rotatable bonds is 4. The minimum atomic E-state index is -0.503. The summed E-state index contributed by atoms with van der Waals surface area (Å²) >= 11 is 1.64. The van der Waals surface area contributed by atoms with Crippen molar-refractivity contribution in [3.8, 4) is 0 Å². The molecular weight excluding hydrogens is 290 g/mol. The molecule has 7 nitrogen and oxygen atoms in total. The predicted molar refractivity (Wildman–Crippen MR) is 83.3 cm³/mol. The Balaban J connectivity index is 2.02. The molecule has 0 unspecified atom stereocenters. The fraction of sp³-hybridized carbons (Fsp3) is 0.0769. The van der Waals surface area contributed by atoms with Crippen LogP contribution in [-0.4, -0.2) is 21.9 Å². The molecule has 2 aromatic heterocycles. The summed E-state index contributed by atoms with van der Waals surface area (Å²) in [6.45, 7) is 0. The van der Waals surface area contributed by atoms with Gasteiger partial charge in [-0.15, -0.1) is 11.3 Å². The van der Waals surface area contributed by atoms with Crippen molar-refractivity contribution in [2.24, 2.45) is 0 Å². The molecule has 2 heterocycles. The van der Waals surface area contributed by atoms with Crippen molar-refractivity contribution in [3.63, 3.8) is 0 Å². The molecule has 0 spiro atoms. The van der Waals surface area contributed by atoms with Crippen LogP contribution in [0.5, 0.6) is 0 Å². The zero-order valence-corrected chi connectivity index (χ0v) is 11.8. The van der Waals surface area contributed by atoms with E-state index >= 15 is 0 Å². The summed E-state index contributed by atoms with van der Waals surface area (Å²) in [5.41, 5.74) is 0.565. The third kappa shape index (κ3) is 2.48. The number of benzene rings is 1. The molecule has 0 radical (unpaired) electrons. The van der Waals surface area contributed by atoms with Crippen LogP contribution in [-0.2, 0) is 0 Å². The minimum absolute atomic E-state index is 0.161. The van der Waals surface area contributed by atoms with E-state index < -0.39 is 4.92 Å². The SMILES string of the molecule is CNc1ncnc(Nc2ccc3sccc3c2)c1[N+](=O)[O-]. The Labute approximate surface area is 123 Å². The van der Waals surface area contributed by atoms with Crippen molar-refractivity contribution >= 4 is 44.4 Å². The number of nitrogens with zero attached hydrogens (tertiary/aromatic N) is 3. The topological polar surface area (TPSA) is 93.0 Å². The van der Waals surface area contributed by atoms with Crippen LogP contribution in [0.15, 0.2) is 36.0 Å². The number of anilines is 3. The quantitative estimate of drug-likeness (QED) is 0.567. The van der Waals surface area contributed by atoms with E-state index in [2.05, 4.69) is 20.6 Å². The van der Waals surface area contributed by atoms with Gasteiger partial charge in [0.1, 0.15) is 6.33 Å². The van der Waals surface area contributed by atoms with Gasteiger partial charge in [0.25, 0.3) is 0 Å². The predicted octanol–water partition coefficient (Wildman–Crippen LogP) is 3.38. The van der Waals surface area contributed by atoms with Crippen molar-refractivity contribution in [2.45, 2.75) is 0 Å². The number of thiophene rings is 1. The summed E-state index contributed by atoms with van der Waals surface area (Å²) in [6, 6.07) is 7.76. The molecule has 2 N–H and O–H groups in total. The summed E-state index contributed by atoms with van der Waals surface area (Å²) in [6.07, 6.45) is 1.28. The molecule has 1 aromatic carbocycles. The van der Waals surface area contributed by atoms with Gasteiger partial charge in [0.15, 0.2) is 0 Å². The molecular formula is C13H11N5O2S. The number of fused-ring (bicyclic) bond motifs is 1. The second-order valence-electron chi connectivity index (χ2n) is 4.22. The molecule has 0 amide bonds. The highest BCUT2D eigenvalue weighted by atomic mass is 32.1. The van der Waals surface area contributed by atoms with Crippen LogP contribution in [0.25, 0.3) is 10.1 Å². The maximum atomic E-state index is 11.2. The summed E-state index contributed by atoms with van der Waals surface area (Å²) in [5.74, 6) is 0.336. The van der Waals surface area contributed by atoms with Crippen LogP contribution in [0.2, 0.25) is 0 Å². The van der Waals surface area contributed by atoms with Crippen molar-refractivity contribution in [1.82, 2.24) is 9.97 Å². The van der Waals surface area contributed by atoms with E-state index in [-0.39, 0.29) is 17.3 Å². The van der Waals surface area contributed by atoms with Crippen LogP contribution in [0.1, 0.15) is 0 Å². The van der Waals surface area contributed by atoms with Crippen molar-refractivity contribution in [1.29, 1.82) is 0 Å². The molecule has 3 rings (SSSR count). The number of nitrogens with one attached hydrogen (secondary N) is 2. The molecule has 3 aromatic rings. The second kappa shape index (κ2) is 5.33. The average Bonchev–Trinajstić information content (AvgIpc) is 2.94. The van der Waals surface area contributed by atoms with E-state index in [1.807, 2.05) is 29.6 Å². The molecule has 21 heavy (non-hydrogen) atoms. The highest BCUT2D eigenvalue weighted by molar-refractivity contribution is 7.17. The summed E-state index contributed by atoms with van der Waals surface area (Å²) < 4.78 is 1.16. The van der Waals surface area contributed by atoms with Gasteiger partial charge in [0, 0.05) is 17.4 Å². The lowest BCUT2D eigenvalue weighted by Crippen LogP contribution is -2.05. The Hall–Kier alpha value is -2.74. The second-order valence-corrected chi connectivity index (χ2v) is 5.17. The summed E-state index contributed by atoms with van der Waals surface area (Å²) in [7, 11) is 1.58. The molecule has 0 aliphatic carbocycles. The van der Waals surface area contributed by atoms with Gasteiger partial charge in [-0.2, -0.15) is 0 Å². The zero-order chi connectivity index (χ0) is 14.8. The third-order valence-electron chi connectivity index (χ3n) is 2.96. The molecule has 0 saturated carbocycles. The van der Waals surface area contributed by atoms with E-state index in [0.717, 1.165) is 15.8 Å². The molecule has 0 saturated heterocycles. The number of aromatic nitrogens is 2. The first kappa shape index (κ1) is 13.3. The molecule has 0 aliphatic heterocycles. The van der Waals surface area contributed by atoms with Gasteiger partial charge in [-0.05, 0) is 35.0 Å². The van der Waals surface area contributed by atoms with E-state index in [9.17, 15) is 10.1 Å². The first-order chi connectivity index (χ1) is 10.2. The molecule has 106 valence electrons.